The molecule has 0 bridgehead atoms. The van der Waals surface area contributed by atoms with Gasteiger partial charge >= 0.3 is 0 Å². The van der Waals surface area contributed by atoms with Crippen molar-refractivity contribution in [1.82, 2.24) is 0 Å². The summed E-state index contributed by atoms with van der Waals surface area (Å²) in [7, 11) is 1.40. The number of halogens is 2. The van der Waals surface area contributed by atoms with Gasteiger partial charge in [-0.2, -0.15) is 0 Å². The Morgan fingerprint density at radius 1 is 1.56 bits per heavy atom. The lowest BCUT2D eigenvalue weighted by Gasteiger charge is -2.11. The highest BCUT2D eigenvalue weighted by Gasteiger charge is 2.11. The third-order valence-corrected chi connectivity index (χ3v) is 1.84. The topological polar surface area (TPSA) is 64.3 Å². The second-order valence-electron chi connectivity index (χ2n) is 3.12. The predicted octanol–water partition coefficient (Wildman–Crippen LogP) is 1.54. The third kappa shape index (κ3) is 3.67. The standard InChI is InChI=1S/C10H13FN2O2.ClH/c1-6(12)10(14)13-8-4-3-7(11)5-9(8)15-2;/h3-6H,12H2,1-2H3,(H,13,14);1H/t6-;/m1./s1. The fourth-order valence-corrected chi connectivity index (χ4v) is 1.01. The van der Waals surface area contributed by atoms with Crippen LogP contribution >= 0.6 is 12.4 Å². The van der Waals surface area contributed by atoms with Crippen LogP contribution < -0.4 is 15.8 Å². The molecule has 0 heterocycles. The van der Waals surface area contributed by atoms with Crippen LogP contribution in [0.25, 0.3) is 0 Å². The molecule has 16 heavy (non-hydrogen) atoms. The molecule has 0 aliphatic carbocycles. The highest BCUT2D eigenvalue weighted by Crippen LogP contribution is 2.24. The van der Waals surface area contributed by atoms with Crippen molar-refractivity contribution >= 4 is 24.0 Å². The van der Waals surface area contributed by atoms with E-state index in [0.29, 0.717) is 5.69 Å². The third-order valence-electron chi connectivity index (χ3n) is 1.84. The molecule has 0 saturated carbocycles. The number of methoxy groups -OCH3 is 1. The number of carbonyl (C=O) groups excluding carboxylic acids is 1. The van der Waals surface area contributed by atoms with E-state index in [1.165, 1.54) is 25.3 Å². The molecule has 0 saturated heterocycles. The van der Waals surface area contributed by atoms with Crippen LogP contribution in [0.5, 0.6) is 5.75 Å². The zero-order valence-corrected chi connectivity index (χ0v) is 9.81. The molecule has 0 spiro atoms. The monoisotopic (exact) mass is 248 g/mol. The van der Waals surface area contributed by atoms with E-state index in [1.54, 1.807) is 6.92 Å². The average Bonchev–Trinajstić information content (AvgIpc) is 2.20. The van der Waals surface area contributed by atoms with Crippen molar-refractivity contribution in [2.24, 2.45) is 5.73 Å². The summed E-state index contributed by atoms with van der Waals surface area (Å²) in [5, 5.41) is 2.53. The lowest BCUT2D eigenvalue weighted by atomic mass is 10.2. The quantitative estimate of drug-likeness (QED) is 0.853. The molecule has 1 atom stereocenters. The molecular formula is C10H14ClFN2O2. The Labute approximate surface area is 99.4 Å². The van der Waals surface area contributed by atoms with Crippen LogP contribution in [0.1, 0.15) is 6.92 Å². The number of nitrogens with one attached hydrogen (secondary N) is 1. The Bertz CT molecular complexity index is 372. The van der Waals surface area contributed by atoms with E-state index in [-0.39, 0.29) is 24.1 Å². The molecule has 1 aromatic carbocycles. The van der Waals surface area contributed by atoms with Crippen molar-refractivity contribution in [3.63, 3.8) is 0 Å². The van der Waals surface area contributed by atoms with Crippen LogP contribution in [0.4, 0.5) is 10.1 Å². The molecule has 90 valence electrons. The van der Waals surface area contributed by atoms with Gasteiger partial charge in [-0.1, -0.05) is 0 Å². The highest BCUT2D eigenvalue weighted by molar-refractivity contribution is 5.95. The van der Waals surface area contributed by atoms with Gasteiger partial charge in [0.1, 0.15) is 11.6 Å². The van der Waals surface area contributed by atoms with Gasteiger partial charge in [-0.25, -0.2) is 4.39 Å². The summed E-state index contributed by atoms with van der Waals surface area (Å²) in [5.41, 5.74) is 5.78. The van der Waals surface area contributed by atoms with Gasteiger partial charge in [0, 0.05) is 6.07 Å². The maximum absolute atomic E-state index is 12.8. The highest BCUT2D eigenvalue weighted by atomic mass is 35.5. The zero-order chi connectivity index (χ0) is 11.4. The molecule has 1 rings (SSSR count). The second-order valence-corrected chi connectivity index (χ2v) is 3.12. The minimum atomic E-state index is -0.625. The molecule has 1 amide bonds. The van der Waals surface area contributed by atoms with Crippen LogP contribution in [0, 0.1) is 5.82 Å². The summed E-state index contributed by atoms with van der Waals surface area (Å²) in [5.74, 6) is -0.505. The van der Waals surface area contributed by atoms with Crippen molar-refractivity contribution in [1.29, 1.82) is 0 Å². The number of benzene rings is 1. The van der Waals surface area contributed by atoms with Crippen LogP contribution in [0.3, 0.4) is 0 Å². The maximum atomic E-state index is 12.8. The first-order valence-corrected chi connectivity index (χ1v) is 4.44. The number of amides is 1. The van der Waals surface area contributed by atoms with Crippen LogP contribution in [0.15, 0.2) is 18.2 Å². The number of nitrogens with two attached hydrogens (primary N) is 1. The average molecular weight is 249 g/mol. The Balaban J connectivity index is 0.00000225. The van der Waals surface area contributed by atoms with Gasteiger partial charge in [0.25, 0.3) is 0 Å². The molecule has 4 nitrogen and oxygen atoms in total. The molecule has 0 radical (unpaired) electrons. The lowest BCUT2D eigenvalue weighted by Crippen LogP contribution is -2.32. The van der Waals surface area contributed by atoms with Crippen molar-refractivity contribution in [2.75, 3.05) is 12.4 Å². The molecule has 0 aliphatic heterocycles. The smallest absolute Gasteiger partial charge is 0.241 e. The first-order chi connectivity index (χ1) is 7.04. The van der Waals surface area contributed by atoms with Gasteiger partial charge < -0.3 is 15.8 Å². The number of anilines is 1. The van der Waals surface area contributed by atoms with Gasteiger partial charge in [-0.3, -0.25) is 4.79 Å². The van der Waals surface area contributed by atoms with Crippen molar-refractivity contribution in [3.05, 3.63) is 24.0 Å². The van der Waals surface area contributed by atoms with Crippen LogP contribution in [-0.2, 0) is 4.79 Å². The Kier molecular flexibility index (Phi) is 5.77. The van der Waals surface area contributed by atoms with Gasteiger partial charge in [0.2, 0.25) is 5.91 Å². The second kappa shape index (κ2) is 6.30. The summed E-state index contributed by atoms with van der Waals surface area (Å²) >= 11 is 0. The van der Waals surface area contributed by atoms with E-state index in [2.05, 4.69) is 5.32 Å². The normalized spacial score (nSPS) is 11.2. The van der Waals surface area contributed by atoms with Crippen molar-refractivity contribution in [2.45, 2.75) is 13.0 Å². The fourth-order valence-electron chi connectivity index (χ4n) is 1.01. The van der Waals surface area contributed by atoms with E-state index >= 15 is 0 Å². The van der Waals surface area contributed by atoms with Crippen LogP contribution in [0.2, 0.25) is 0 Å². The van der Waals surface area contributed by atoms with E-state index in [4.69, 9.17) is 10.5 Å². The van der Waals surface area contributed by atoms with Crippen LogP contribution in [-0.4, -0.2) is 19.1 Å². The fraction of sp³-hybridized carbons (Fsp3) is 0.300. The first-order valence-electron chi connectivity index (χ1n) is 4.44. The number of ether oxygens (including phenoxy) is 1. The maximum Gasteiger partial charge on any atom is 0.241 e. The summed E-state index contributed by atoms with van der Waals surface area (Å²) in [6.07, 6.45) is 0. The number of hydrogen-bond donors (Lipinski definition) is 2. The van der Waals surface area contributed by atoms with Crippen molar-refractivity contribution < 1.29 is 13.9 Å². The molecule has 0 unspecified atom stereocenters. The molecule has 0 fully saturated rings. The number of carbonyl (C=O) groups is 1. The van der Waals surface area contributed by atoms with E-state index < -0.39 is 11.9 Å². The van der Waals surface area contributed by atoms with Gasteiger partial charge in [0.05, 0.1) is 18.8 Å². The van der Waals surface area contributed by atoms with E-state index in [9.17, 15) is 9.18 Å². The molecule has 0 aromatic heterocycles. The SMILES string of the molecule is COc1cc(F)ccc1NC(=O)[C@@H](C)N.Cl. The molecular weight excluding hydrogens is 235 g/mol. The van der Waals surface area contributed by atoms with Gasteiger partial charge in [0.15, 0.2) is 0 Å². The van der Waals surface area contributed by atoms with E-state index in [1.807, 2.05) is 0 Å². The Hall–Kier alpha value is -1.33. The predicted molar refractivity (Wildman–Crippen MR) is 62.5 cm³/mol. The minimum absolute atomic E-state index is 0. The number of rotatable bonds is 3. The Morgan fingerprint density at radius 3 is 2.69 bits per heavy atom. The molecule has 6 heteroatoms. The van der Waals surface area contributed by atoms with E-state index in [0.717, 1.165) is 0 Å². The number of hydrogen-bond acceptors (Lipinski definition) is 3. The van der Waals surface area contributed by atoms with Gasteiger partial charge in [-0.15, -0.1) is 12.4 Å². The lowest BCUT2D eigenvalue weighted by molar-refractivity contribution is -0.117. The summed E-state index contributed by atoms with van der Waals surface area (Å²) < 4.78 is 17.7. The first kappa shape index (κ1) is 14.7. The largest absolute Gasteiger partial charge is 0.494 e. The molecule has 1 aromatic rings. The minimum Gasteiger partial charge on any atom is -0.494 e. The van der Waals surface area contributed by atoms with Crippen molar-refractivity contribution in [3.8, 4) is 5.75 Å². The molecule has 3 N–H and O–H groups in total. The summed E-state index contributed by atoms with van der Waals surface area (Å²) in [4.78, 5) is 11.3. The summed E-state index contributed by atoms with van der Waals surface area (Å²) in [6, 6.07) is 3.23. The Morgan fingerprint density at radius 2 is 2.19 bits per heavy atom. The summed E-state index contributed by atoms with van der Waals surface area (Å²) in [6.45, 7) is 1.56. The zero-order valence-electron chi connectivity index (χ0n) is 8.99. The molecule has 0 aliphatic rings. The van der Waals surface area contributed by atoms with Gasteiger partial charge in [-0.05, 0) is 19.1 Å².